The number of halogens is 1. The van der Waals surface area contributed by atoms with Gasteiger partial charge in [0.15, 0.2) is 0 Å². The summed E-state index contributed by atoms with van der Waals surface area (Å²) < 4.78 is 13.1. The van der Waals surface area contributed by atoms with E-state index >= 15 is 0 Å². The van der Waals surface area contributed by atoms with E-state index in [9.17, 15) is 4.39 Å². The van der Waals surface area contributed by atoms with Crippen LogP contribution in [0.3, 0.4) is 0 Å². The minimum Gasteiger partial charge on any atom is -0.340 e. The predicted octanol–water partition coefficient (Wildman–Crippen LogP) is 1.96. The average molecular weight is 230 g/mol. The van der Waals surface area contributed by atoms with Gasteiger partial charge in [-0.05, 0) is 18.2 Å². The maximum absolute atomic E-state index is 13.1. The minimum atomic E-state index is -0.265. The molecule has 1 aromatic heterocycles. The Labute approximate surface area is 97.9 Å². The van der Waals surface area contributed by atoms with E-state index in [0.717, 1.165) is 30.2 Å². The molecule has 0 saturated carbocycles. The Kier molecular flexibility index (Phi) is 2.45. The third kappa shape index (κ3) is 1.97. The van der Waals surface area contributed by atoms with E-state index < -0.39 is 0 Å². The molecular formula is C12H11FN4. The summed E-state index contributed by atoms with van der Waals surface area (Å²) in [5.41, 5.74) is 2.74. The number of hydrogen-bond acceptors (Lipinski definition) is 4. The highest BCUT2D eigenvalue weighted by molar-refractivity contribution is 5.60. The fourth-order valence-corrected chi connectivity index (χ4v) is 1.90. The lowest BCUT2D eigenvalue weighted by atomic mass is 10.2. The normalized spacial score (nSPS) is 13.5. The number of anilines is 2. The van der Waals surface area contributed by atoms with Crippen LogP contribution in [0.15, 0.2) is 30.6 Å². The maximum Gasteiger partial charge on any atom is 0.138 e. The molecule has 0 fully saturated rings. The van der Waals surface area contributed by atoms with Gasteiger partial charge in [-0.2, -0.15) is 0 Å². The van der Waals surface area contributed by atoms with Crippen molar-refractivity contribution in [3.05, 3.63) is 47.7 Å². The van der Waals surface area contributed by atoms with E-state index in [-0.39, 0.29) is 5.82 Å². The third-order valence-corrected chi connectivity index (χ3v) is 2.72. The Morgan fingerprint density at radius 3 is 3.06 bits per heavy atom. The summed E-state index contributed by atoms with van der Waals surface area (Å²) in [6, 6.07) is 6.32. The highest BCUT2D eigenvalue weighted by Gasteiger charge is 2.16. The molecule has 0 aliphatic carbocycles. The smallest absolute Gasteiger partial charge is 0.138 e. The zero-order chi connectivity index (χ0) is 11.7. The first kappa shape index (κ1) is 10.2. The van der Waals surface area contributed by atoms with Crippen molar-refractivity contribution in [2.24, 2.45) is 0 Å². The lowest BCUT2D eigenvalue weighted by Gasteiger charge is -2.08. The van der Waals surface area contributed by atoms with Crippen molar-refractivity contribution < 1.29 is 4.39 Å². The van der Waals surface area contributed by atoms with Crippen molar-refractivity contribution >= 4 is 11.5 Å². The number of hydrogen-bond donors (Lipinski definition) is 2. The second-order valence-electron chi connectivity index (χ2n) is 3.89. The van der Waals surface area contributed by atoms with E-state index in [1.54, 1.807) is 12.1 Å². The highest BCUT2D eigenvalue weighted by Crippen LogP contribution is 2.23. The van der Waals surface area contributed by atoms with Crippen LogP contribution in [-0.4, -0.2) is 9.97 Å². The summed E-state index contributed by atoms with van der Waals surface area (Å²) >= 11 is 0. The highest BCUT2D eigenvalue weighted by atomic mass is 19.1. The quantitative estimate of drug-likeness (QED) is 0.828. The molecule has 5 heteroatoms. The standard InChI is InChI=1S/C12H11FN4/c13-8-2-1-3-9(4-8)17-12-10-5-14-6-11(10)15-7-16-12/h1-4,7,14H,5-6H2,(H,15,16,17). The first-order valence-corrected chi connectivity index (χ1v) is 5.39. The van der Waals surface area contributed by atoms with Gasteiger partial charge in [-0.25, -0.2) is 14.4 Å². The van der Waals surface area contributed by atoms with Crippen molar-refractivity contribution in [2.45, 2.75) is 13.1 Å². The monoisotopic (exact) mass is 230 g/mol. The minimum absolute atomic E-state index is 0.265. The fraction of sp³-hybridized carbons (Fsp3) is 0.167. The third-order valence-electron chi connectivity index (χ3n) is 2.72. The van der Waals surface area contributed by atoms with Crippen LogP contribution in [0.1, 0.15) is 11.3 Å². The molecule has 0 saturated heterocycles. The van der Waals surface area contributed by atoms with Crippen LogP contribution in [0.4, 0.5) is 15.9 Å². The molecular weight excluding hydrogens is 219 g/mol. The van der Waals surface area contributed by atoms with Gasteiger partial charge < -0.3 is 10.6 Å². The number of fused-ring (bicyclic) bond motifs is 1. The van der Waals surface area contributed by atoms with Gasteiger partial charge in [0.05, 0.1) is 5.69 Å². The Morgan fingerprint density at radius 2 is 2.18 bits per heavy atom. The van der Waals surface area contributed by atoms with Crippen molar-refractivity contribution in [1.29, 1.82) is 0 Å². The Morgan fingerprint density at radius 1 is 1.24 bits per heavy atom. The van der Waals surface area contributed by atoms with Crippen LogP contribution >= 0.6 is 0 Å². The molecule has 17 heavy (non-hydrogen) atoms. The predicted molar refractivity (Wildman–Crippen MR) is 62.3 cm³/mol. The molecule has 86 valence electrons. The van der Waals surface area contributed by atoms with E-state index in [2.05, 4.69) is 20.6 Å². The second-order valence-corrected chi connectivity index (χ2v) is 3.89. The molecule has 2 aromatic rings. The van der Waals surface area contributed by atoms with Crippen LogP contribution in [0.2, 0.25) is 0 Å². The number of rotatable bonds is 2. The van der Waals surface area contributed by atoms with Crippen LogP contribution < -0.4 is 10.6 Å². The first-order valence-electron chi connectivity index (χ1n) is 5.39. The topological polar surface area (TPSA) is 49.8 Å². The van der Waals surface area contributed by atoms with Gasteiger partial charge in [0.1, 0.15) is 18.0 Å². The maximum atomic E-state index is 13.1. The summed E-state index contributed by atoms with van der Waals surface area (Å²) in [4.78, 5) is 8.38. The summed E-state index contributed by atoms with van der Waals surface area (Å²) in [6.45, 7) is 1.50. The van der Waals surface area contributed by atoms with Gasteiger partial charge in [0.25, 0.3) is 0 Å². The number of benzene rings is 1. The molecule has 1 aliphatic rings. The fourth-order valence-electron chi connectivity index (χ4n) is 1.90. The Bertz CT molecular complexity index is 556. The molecule has 0 atom stereocenters. The second kappa shape index (κ2) is 4.10. The van der Waals surface area contributed by atoms with Crippen molar-refractivity contribution in [3.8, 4) is 0 Å². The van der Waals surface area contributed by atoms with Gasteiger partial charge in [-0.3, -0.25) is 0 Å². The average Bonchev–Trinajstić information content (AvgIpc) is 2.78. The first-order chi connectivity index (χ1) is 8.33. The van der Waals surface area contributed by atoms with E-state index in [0.29, 0.717) is 5.69 Å². The van der Waals surface area contributed by atoms with Crippen molar-refractivity contribution in [3.63, 3.8) is 0 Å². The van der Waals surface area contributed by atoms with E-state index in [4.69, 9.17) is 0 Å². The summed E-state index contributed by atoms with van der Waals surface area (Å²) in [7, 11) is 0. The van der Waals surface area contributed by atoms with Crippen molar-refractivity contribution in [2.75, 3.05) is 5.32 Å². The summed E-state index contributed by atoms with van der Waals surface area (Å²) in [5.74, 6) is 0.476. The summed E-state index contributed by atoms with van der Waals surface area (Å²) in [6.07, 6.45) is 1.52. The Balaban J connectivity index is 1.93. The number of nitrogens with zero attached hydrogens (tertiary/aromatic N) is 2. The lowest BCUT2D eigenvalue weighted by molar-refractivity contribution is 0.628. The van der Waals surface area contributed by atoms with Crippen LogP contribution in [0, 0.1) is 5.82 Å². The largest absolute Gasteiger partial charge is 0.340 e. The van der Waals surface area contributed by atoms with E-state index in [1.165, 1.54) is 18.5 Å². The van der Waals surface area contributed by atoms with Gasteiger partial charge >= 0.3 is 0 Å². The van der Waals surface area contributed by atoms with Gasteiger partial charge in [-0.1, -0.05) is 6.07 Å². The molecule has 0 amide bonds. The molecule has 1 aliphatic heterocycles. The lowest BCUT2D eigenvalue weighted by Crippen LogP contribution is -2.02. The van der Waals surface area contributed by atoms with E-state index in [1.807, 2.05) is 0 Å². The SMILES string of the molecule is Fc1cccc(Nc2ncnc3c2CNC3)c1. The molecule has 0 radical (unpaired) electrons. The molecule has 1 aromatic carbocycles. The molecule has 2 heterocycles. The van der Waals surface area contributed by atoms with Crippen LogP contribution in [0.5, 0.6) is 0 Å². The molecule has 0 bridgehead atoms. The zero-order valence-electron chi connectivity index (χ0n) is 9.07. The van der Waals surface area contributed by atoms with Crippen LogP contribution in [-0.2, 0) is 13.1 Å². The van der Waals surface area contributed by atoms with Gasteiger partial charge in [0.2, 0.25) is 0 Å². The number of aromatic nitrogens is 2. The molecule has 0 unspecified atom stereocenters. The number of nitrogens with one attached hydrogen (secondary N) is 2. The molecule has 2 N–H and O–H groups in total. The molecule has 3 rings (SSSR count). The van der Waals surface area contributed by atoms with Crippen molar-refractivity contribution in [1.82, 2.24) is 15.3 Å². The molecule has 4 nitrogen and oxygen atoms in total. The van der Waals surface area contributed by atoms with Crippen LogP contribution in [0.25, 0.3) is 0 Å². The molecule has 0 spiro atoms. The van der Waals surface area contributed by atoms with Gasteiger partial charge in [0, 0.05) is 24.3 Å². The van der Waals surface area contributed by atoms with Gasteiger partial charge in [-0.15, -0.1) is 0 Å². The Hall–Kier alpha value is -2.01. The summed E-state index contributed by atoms with van der Waals surface area (Å²) in [5, 5.41) is 6.32. The zero-order valence-corrected chi connectivity index (χ0v) is 9.07.